The number of carbonyl (C=O) groups is 1. The molecule has 0 aromatic rings. The molecule has 1 fully saturated rings. The van der Waals surface area contributed by atoms with Gasteiger partial charge in [0.2, 0.25) is 5.91 Å². The van der Waals surface area contributed by atoms with E-state index in [9.17, 15) is 4.79 Å². The number of hydrogen-bond acceptors (Lipinski definition) is 3. The van der Waals surface area contributed by atoms with Gasteiger partial charge in [-0.15, -0.1) is 0 Å². The van der Waals surface area contributed by atoms with Gasteiger partial charge in [-0.2, -0.15) is 0 Å². The van der Waals surface area contributed by atoms with Crippen molar-refractivity contribution in [2.75, 3.05) is 20.1 Å². The summed E-state index contributed by atoms with van der Waals surface area (Å²) in [5.41, 5.74) is 6.05. The average Bonchev–Trinajstić information content (AvgIpc) is 2.38. The van der Waals surface area contributed by atoms with Crippen molar-refractivity contribution in [1.29, 1.82) is 0 Å². The molecule has 0 spiro atoms. The average molecular weight is 269 g/mol. The van der Waals surface area contributed by atoms with Crippen molar-refractivity contribution in [3.63, 3.8) is 0 Å². The number of amides is 1. The lowest BCUT2D eigenvalue weighted by Crippen LogP contribution is -2.57. The first kappa shape index (κ1) is 16.4. The zero-order valence-electron chi connectivity index (χ0n) is 13.0. The molecule has 0 radical (unpaired) electrons. The Morgan fingerprint density at radius 3 is 2.79 bits per heavy atom. The molecule has 0 aromatic carbocycles. The van der Waals surface area contributed by atoms with Crippen LogP contribution in [0.3, 0.4) is 0 Å². The van der Waals surface area contributed by atoms with Gasteiger partial charge in [0.25, 0.3) is 0 Å². The Hall–Kier alpha value is -0.610. The Morgan fingerprint density at radius 2 is 2.26 bits per heavy atom. The fourth-order valence-electron chi connectivity index (χ4n) is 3.13. The largest absolute Gasteiger partial charge is 0.353 e. The van der Waals surface area contributed by atoms with E-state index in [4.69, 9.17) is 5.73 Å². The van der Waals surface area contributed by atoms with E-state index in [-0.39, 0.29) is 17.5 Å². The molecule has 0 aliphatic heterocycles. The summed E-state index contributed by atoms with van der Waals surface area (Å²) in [7, 11) is 2.04. The van der Waals surface area contributed by atoms with E-state index in [1.807, 2.05) is 14.0 Å². The normalized spacial score (nSPS) is 29.3. The van der Waals surface area contributed by atoms with Crippen molar-refractivity contribution >= 4 is 5.91 Å². The Balaban J connectivity index is 2.58. The van der Waals surface area contributed by atoms with Gasteiger partial charge in [0, 0.05) is 18.1 Å². The molecule has 3 unspecified atom stereocenters. The number of nitrogens with one attached hydrogen (secondary N) is 1. The smallest absolute Gasteiger partial charge is 0.234 e. The summed E-state index contributed by atoms with van der Waals surface area (Å²) < 4.78 is 0. The van der Waals surface area contributed by atoms with E-state index in [0.717, 1.165) is 19.3 Å². The minimum Gasteiger partial charge on any atom is -0.353 e. The maximum atomic E-state index is 12.0. The van der Waals surface area contributed by atoms with Crippen LogP contribution in [0.5, 0.6) is 0 Å². The molecule has 19 heavy (non-hydrogen) atoms. The molecule has 4 heteroatoms. The lowest BCUT2D eigenvalue weighted by atomic mass is 9.75. The molecule has 0 bridgehead atoms. The van der Waals surface area contributed by atoms with E-state index < -0.39 is 0 Å². The molecule has 0 heterocycles. The second-order valence-electron chi connectivity index (χ2n) is 6.36. The molecule has 0 saturated heterocycles. The fourth-order valence-corrected chi connectivity index (χ4v) is 3.13. The summed E-state index contributed by atoms with van der Waals surface area (Å²) in [6, 6.07) is 0.250. The highest BCUT2D eigenvalue weighted by molar-refractivity contribution is 5.78. The van der Waals surface area contributed by atoms with Crippen LogP contribution in [-0.4, -0.2) is 42.5 Å². The van der Waals surface area contributed by atoms with Crippen molar-refractivity contribution in [3.05, 3.63) is 0 Å². The zero-order chi connectivity index (χ0) is 14.5. The minimum absolute atomic E-state index is 0.0183. The highest BCUT2D eigenvalue weighted by Gasteiger charge is 2.37. The predicted molar refractivity (Wildman–Crippen MR) is 79.9 cm³/mol. The zero-order valence-corrected chi connectivity index (χ0v) is 13.0. The summed E-state index contributed by atoms with van der Waals surface area (Å²) >= 11 is 0. The molecule has 3 N–H and O–H groups in total. The van der Waals surface area contributed by atoms with Crippen LogP contribution in [-0.2, 0) is 4.79 Å². The van der Waals surface area contributed by atoms with E-state index in [1.54, 1.807) is 0 Å². The van der Waals surface area contributed by atoms with E-state index in [0.29, 0.717) is 19.0 Å². The van der Waals surface area contributed by atoms with Gasteiger partial charge in [-0.05, 0) is 39.2 Å². The summed E-state index contributed by atoms with van der Waals surface area (Å²) in [5.74, 6) is 0.820. The van der Waals surface area contributed by atoms with E-state index >= 15 is 0 Å². The summed E-state index contributed by atoms with van der Waals surface area (Å²) in [5, 5.41) is 3.03. The van der Waals surface area contributed by atoms with Crippen molar-refractivity contribution in [2.45, 2.75) is 64.5 Å². The lowest BCUT2D eigenvalue weighted by molar-refractivity contribution is -0.124. The molecule has 3 atom stereocenters. The van der Waals surface area contributed by atoms with Gasteiger partial charge in [-0.3, -0.25) is 9.69 Å². The predicted octanol–water partition coefficient (Wildman–Crippen LogP) is 1.74. The van der Waals surface area contributed by atoms with Crippen molar-refractivity contribution in [2.24, 2.45) is 11.7 Å². The fraction of sp³-hybridized carbons (Fsp3) is 0.933. The van der Waals surface area contributed by atoms with Crippen LogP contribution in [0.15, 0.2) is 0 Å². The molecule has 4 nitrogen and oxygen atoms in total. The van der Waals surface area contributed by atoms with Crippen LogP contribution in [0, 0.1) is 5.92 Å². The highest BCUT2D eigenvalue weighted by atomic mass is 16.2. The third kappa shape index (κ3) is 4.46. The standard InChI is InChI=1S/C15H31N3O/c1-5-13(3)17-14(19)10-18(4)15(11-16)8-6-7-12(2)9-15/h12-13H,5-11,16H2,1-4H3,(H,17,19). The molecule has 1 aliphatic carbocycles. The Kier molecular flexibility index (Phi) is 6.27. The molecule has 1 saturated carbocycles. The maximum absolute atomic E-state index is 12.0. The summed E-state index contributed by atoms with van der Waals surface area (Å²) in [4.78, 5) is 14.2. The van der Waals surface area contributed by atoms with Gasteiger partial charge in [0.1, 0.15) is 0 Å². The number of nitrogens with zero attached hydrogens (tertiary/aromatic N) is 1. The number of hydrogen-bond donors (Lipinski definition) is 2. The highest BCUT2D eigenvalue weighted by Crippen LogP contribution is 2.35. The maximum Gasteiger partial charge on any atom is 0.234 e. The van der Waals surface area contributed by atoms with Crippen LogP contribution in [0.2, 0.25) is 0 Å². The molecule has 1 rings (SSSR count). The Labute approximate surface area is 118 Å². The number of carbonyl (C=O) groups excluding carboxylic acids is 1. The first-order valence-corrected chi connectivity index (χ1v) is 7.64. The summed E-state index contributed by atoms with van der Waals surface area (Å²) in [6.07, 6.45) is 5.69. The monoisotopic (exact) mass is 269 g/mol. The van der Waals surface area contributed by atoms with Gasteiger partial charge in [0.15, 0.2) is 0 Å². The third-order valence-electron chi connectivity index (χ3n) is 4.66. The van der Waals surface area contributed by atoms with E-state index in [2.05, 4.69) is 24.1 Å². The molecule has 1 amide bonds. The first-order valence-electron chi connectivity index (χ1n) is 7.64. The first-order chi connectivity index (χ1) is 8.93. The molecule has 112 valence electrons. The number of nitrogens with two attached hydrogens (primary N) is 1. The molecular formula is C15H31N3O. The van der Waals surface area contributed by atoms with Crippen LogP contribution in [0.1, 0.15) is 52.9 Å². The van der Waals surface area contributed by atoms with Crippen molar-refractivity contribution in [1.82, 2.24) is 10.2 Å². The van der Waals surface area contributed by atoms with Crippen molar-refractivity contribution in [3.8, 4) is 0 Å². The van der Waals surface area contributed by atoms with Gasteiger partial charge < -0.3 is 11.1 Å². The third-order valence-corrected chi connectivity index (χ3v) is 4.66. The number of rotatable bonds is 6. The Bertz CT molecular complexity index is 295. The van der Waals surface area contributed by atoms with Crippen LogP contribution in [0.4, 0.5) is 0 Å². The van der Waals surface area contributed by atoms with Crippen LogP contribution >= 0.6 is 0 Å². The second kappa shape index (κ2) is 7.25. The topological polar surface area (TPSA) is 58.4 Å². The minimum atomic E-state index is 0.0183. The summed E-state index contributed by atoms with van der Waals surface area (Å²) in [6.45, 7) is 7.51. The SMILES string of the molecule is CCC(C)NC(=O)CN(C)C1(CN)CCCC(C)C1. The van der Waals surface area contributed by atoms with Gasteiger partial charge in [0.05, 0.1) is 6.54 Å². The van der Waals surface area contributed by atoms with Crippen LogP contribution in [0.25, 0.3) is 0 Å². The Morgan fingerprint density at radius 1 is 1.58 bits per heavy atom. The molecule has 0 aromatic heterocycles. The van der Waals surface area contributed by atoms with Gasteiger partial charge >= 0.3 is 0 Å². The second-order valence-corrected chi connectivity index (χ2v) is 6.36. The number of likely N-dealkylation sites (N-methyl/N-ethyl adjacent to an activating group) is 1. The van der Waals surface area contributed by atoms with Gasteiger partial charge in [-0.1, -0.05) is 26.7 Å². The quantitative estimate of drug-likeness (QED) is 0.772. The lowest BCUT2D eigenvalue weighted by Gasteiger charge is -2.46. The van der Waals surface area contributed by atoms with Crippen LogP contribution < -0.4 is 11.1 Å². The molecular weight excluding hydrogens is 238 g/mol. The molecule has 1 aliphatic rings. The van der Waals surface area contributed by atoms with E-state index in [1.165, 1.54) is 12.8 Å². The van der Waals surface area contributed by atoms with Crippen molar-refractivity contribution < 1.29 is 4.79 Å². The van der Waals surface area contributed by atoms with Gasteiger partial charge in [-0.25, -0.2) is 0 Å².